The second-order valence-electron chi connectivity index (χ2n) is 8.23. The highest BCUT2D eigenvalue weighted by Crippen LogP contribution is 2.30. The topological polar surface area (TPSA) is 55.2 Å². The van der Waals surface area contributed by atoms with Crippen LogP contribution in [-0.4, -0.2) is 46.8 Å². The predicted octanol–water partition coefficient (Wildman–Crippen LogP) is 2.59. The van der Waals surface area contributed by atoms with Crippen LogP contribution in [0.15, 0.2) is 42.5 Å². The molecule has 3 rings (SSSR count). The molecule has 1 atom stereocenters. The van der Waals surface area contributed by atoms with Gasteiger partial charge < -0.3 is 24.6 Å². The summed E-state index contributed by atoms with van der Waals surface area (Å²) < 4.78 is 10.9. The quantitative estimate of drug-likeness (QED) is 0.700. The van der Waals surface area contributed by atoms with Crippen LogP contribution >= 0.6 is 0 Å². The number of rotatable bonds is 8. The zero-order chi connectivity index (χ0) is 21.5. The number of para-hydroxylation sites is 1. The lowest BCUT2D eigenvalue weighted by atomic mass is 9.99. The Labute approximate surface area is 179 Å². The van der Waals surface area contributed by atoms with E-state index in [1.807, 2.05) is 37.4 Å². The summed E-state index contributed by atoms with van der Waals surface area (Å²) in [5.74, 6) is 2.24. The van der Waals surface area contributed by atoms with Crippen LogP contribution in [0.2, 0.25) is 0 Å². The molecule has 0 aliphatic carbocycles. The normalized spacial score (nSPS) is 15.5. The summed E-state index contributed by atoms with van der Waals surface area (Å²) in [7, 11) is 5.26. The first-order valence-corrected chi connectivity index (χ1v) is 10.7. The molecular formula is C24H34N3O3+. The molecule has 1 aliphatic rings. The van der Waals surface area contributed by atoms with E-state index in [4.69, 9.17) is 9.47 Å². The largest absolute Gasteiger partial charge is 0.493 e. The third kappa shape index (κ3) is 5.66. The highest BCUT2D eigenvalue weighted by Gasteiger charge is 2.17. The number of amides is 1. The number of nitrogens with zero attached hydrogens (tertiary/aromatic N) is 1. The molecule has 1 saturated heterocycles. The van der Waals surface area contributed by atoms with Crippen molar-refractivity contribution in [2.75, 3.05) is 51.1 Å². The van der Waals surface area contributed by atoms with Crippen LogP contribution in [0, 0.1) is 5.92 Å². The van der Waals surface area contributed by atoms with Crippen molar-refractivity contribution in [3.05, 3.63) is 48.0 Å². The minimum Gasteiger partial charge on any atom is -0.493 e. The number of nitrogens with one attached hydrogen (secondary N) is 2. The van der Waals surface area contributed by atoms with Gasteiger partial charge in [0.2, 0.25) is 0 Å². The van der Waals surface area contributed by atoms with Crippen molar-refractivity contribution in [3.63, 3.8) is 0 Å². The first-order valence-electron chi connectivity index (χ1n) is 10.7. The Balaban J connectivity index is 1.53. The number of methoxy groups -OCH3 is 2. The number of likely N-dealkylation sites (N-methyl/N-ethyl adjacent to an activating group) is 1. The van der Waals surface area contributed by atoms with Crippen LogP contribution in [0.4, 0.5) is 11.4 Å². The Kier molecular flexibility index (Phi) is 7.57. The van der Waals surface area contributed by atoms with Crippen molar-refractivity contribution < 1.29 is 19.2 Å². The number of piperidine rings is 1. The Morgan fingerprint density at radius 3 is 2.43 bits per heavy atom. The summed E-state index contributed by atoms with van der Waals surface area (Å²) in [6.07, 6.45) is 2.48. The minimum absolute atomic E-state index is 0.00564. The van der Waals surface area contributed by atoms with Gasteiger partial charge in [-0.3, -0.25) is 4.79 Å². The molecule has 30 heavy (non-hydrogen) atoms. The van der Waals surface area contributed by atoms with Crippen LogP contribution in [0.3, 0.4) is 0 Å². The predicted molar refractivity (Wildman–Crippen MR) is 121 cm³/mol. The van der Waals surface area contributed by atoms with E-state index in [9.17, 15) is 4.79 Å². The van der Waals surface area contributed by atoms with Crippen LogP contribution in [0.1, 0.15) is 25.3 Å². The van der Waals surface area contributed by atoms with Crippen LogP contribution in [-0.2, 0) is 11.3 Å². The summed E-state index contributed by atoms with van der Waals surface area (Å²) in [4.78, 5) is 16.0. The second-order valence-corrected chi connectivity index (χ2v) is 8.23. The molecule has 1 amide bonds. The first kappa shape index (κ1) is 22.0. The van der Waals surface area contributed by atoms with Crippen molar-refractivity contribution >= 4 is 17.3 Å². The number of anilines is 2. The van der Waals surface area contributed by atoms with Gasteiger partial charge in [-0.1, -0.05) is 13.0 Å². The summed E-state index contributed by atoms with van der Waals surface area (Å²) in [6, 6.07) is 14.0. The van der Waals surface area contributed by atoms with Crippen molar-refractivity contribution in [1.82, 2.24) is 0 Å². The lowest BCUT2D eigenvalue weighted by Gasteiger charge is -2.32. The molecule has 2 aromatic rings. The van der Waals surface area contributed by atoms with Gasteiger partial charge in [-0.2, -0.15) is 0 Å². The monoisotopic (exact) mass is 412 g/mol. The van der Waals surface area contributed by atoms with E-state index in [-0.39, 0.29) is 5.91 Å². The van der Waals surface area contributed by atoms with E-state index in [0.29, 0.717) is 18.8 Å². The van der Waals surface area contributed by atoms with Crippen molar-refractivity contribution in [1.29, 1.82) is 0 Å². The maximum atomic E-state index is 12.5. The molecular weight excluding hydrogens is 378 g/mol. The number of quaternary nitrogens is 1. The number of carbonyl (C=O) groups excluding carboxylic acids is 1. The molecule has 0 spiro atoms. The van der Waals surface area contributed by atoms with Crippen molar-refractivity contribution in [3.8, 4) is 11.5 Å². The highest BCUT2D eigenvalue weighted by molar-refractivity contribution is 5.91. The molecule has 6 nitrogen and oxygen atoms in total. The summed E-state index contributed by atoms with van der Waals surface area (Å²) >= 11 is 0. The number of hydrogen-bond acceptors (Lipinski definition) is 4. The maximum Gasteiger partial charge on any atom is 0.279 e. The molecule has 6 heteroatoms. The summed E-state index contributed by atoms with van der Waals surface area (Å²) in [5, 5.41) is 3.01. The number of ether oxygens (including phenoxy) is 2. The number of carbonyl (C=O) groups is 1. The molecule has 2 N–H and O–H groups in total. The van der Waals surface area contributed by atoms with Crippen LogP contribution in [0.5, 0.6) is 11.5 Å². The van der Waals surface area contributed by atoms with E-state index < -0.39 is 0 Å². The highest BCUT2D eigenvalue weighted by atomic mass is 16.5. The van der Waals surface area contributed by atoms with E-state index >= 15 is 0 Å². The fourth-order valence-electron chi connectivity index (χ4n) is 3.98. The molecule has 1 unspecified atom stereocenters. The Morgan fingerprint density at radius 1 is 1.10 bits per heavy atom. The van der Waals surface area contributed by atoms with Gasteiger partial charge in [0.05, 0.1) is 26.8 Å². The zero-order valence-electron chi connectivity index (χ0n) is 18.5. The van der Waals surface area contributed by atoms with Crippen LogP contribution in [0.25, 0.3) is 0 Å². The van der Waals surface area contributed by atoms with Gasteiger partial charge in [-0.15, -0.1) is 0 Å². The molecule has 0 saturated carbocycles. The zero-order valence-corrected chi connectivity index (χ0v) is 18.5. The summed E-state index contributed by atoms with van der Waals surface area (Å²) in [6.45, 7) is 5.56. The lowest BCUT2D eigenvalue weighted by Crippen LogP contribution is -3.08. The average molecular weight is 413 g/mol. The summed E-state index contributed by atoms with van der Waals surface area (Å²) in [5.41, 5.74) is 3.08. The van der Waals surface area contributed by atoms with Gasteiger partial charge in [0.1, 0.15) is 6.54 Å². The van der Waals surface area contributed by atoms with Gasteiger partial charge in [-0.25, -0.2) is 0 Å². The van der Waals surface area contributed by atoms with Crippen molar-refractivity contribution in [2.45, 2.75) is 26.3 Å². The fourth-order valence-corrected chi connectivity index (χ4v) is 3.98. The Bertz CT molecular complexity index is 830. The molecule has 1 fully saturated rings. The van der Waals surface area contributed by atoms with Gasteiger partial charge in [0.25, 0.3) is 5.91 Å². The van der Waals surface area contributed by atoms with Gasteiger partial charge in [-0.05, 0) is 55.2 Å². The molecule has 2 aromatic carbocycles. The lowest BCUT2D eigenvalue weighted by molar-refractivity contribution is -0.885. The first-order chi connectivity index (χ1) is 14.5. The molecule has 1 aliphatic heterocycles. The van der Waals surface area contributed by atoms with E-state index in [2.05, 4.69) is 29.3 Å². The average Bonchev–Trinajstić information content (AvgIpc) is 2.74. The Hall–Kier alpha value is -2.73. The van der Waals surface area contributed by atoms with E-state index in [1.165, 1.54) is 18.5 Å². The maximum absolute atomic E-state index is 12.5. The minimum atomic E-state index is -0.00564. The Morgan fingerprint density at radius 2 is 1.80 bits per heavy atom. The molecule has 162 valence electrons. The third-order valence-corrected chi connectivity index (χ3v) is 5.74. The fraction of sp³-hybridized carbons (Fsp3) is 0.458. The van der Waals surface area contributed by atoms with Gasteiger partial charge in [0.15, 0.2) is 18.0 Å². The molecule has 1 heterocycles. The molecule has 0 aromatic heterocycles. The smallest absolute Gasteiger partial charge is 0.279 e. The number of hydrogen-bond donors (Lipinski definition) is 2. The number of benzene rings is 2. The third-order valence-electron chi connectivity index (χ3n) is 5.74. The van der Waals surface area contributed by atoms with Gasteiger partial charge >= 0.3 is 0 Å². The van der Waals surface area contributed by atoms with Crippen molar-refractivity contribution in [2.24, 2.45) is 5.92 Å². The molecule has 0 radical (unpaired) electrons. The van der Waals surface area contributed by atoms with Gasteiger partial charge in [0, 0.05) is 24.5 Å². The second kappa shape index (κ2) is 10.3. The van der Waals surface area contributed by atoms with Crippen LogP contribution < -0.4 is 24.6 Å². The molecule has 0 bridgehead atoms. The van der Waals surface area contributed by atoms with E-state index in [1.54, 1.807) is 14.2 Å². The van der Waals surface area contributed by atoms with E-state index in [0.717, 1.165) is 40.9 Å². The standard InChI is InChI=1S/C24H33N3O3/c1-18-12-14-27(15-13-18)21-10-8-20(9-11-21)25-23(28)17-26(2)16-19-6-5-7-22(29-3)24(19)30-4/h5-11,18H,12-17H2,1-4H3,(H,25,28)/p+1. The SMILES string of the molecule is COc1cccc(C[NH+](C)CC(=O)Nc2ccc(N3CCC(C)CC3)cc2)c1OC.